The molecule has 1 aromatic heterocycles. The molecule has 0 saturated carbocycles. The van der Waals surface area contributed by atoms with E-state index in [-0.39, 0.29) is 0 Å². The van der Waals surface area contributed by atoms with Gasteiger partial charge in [-0.25, -0.2) is 0 Å². The predicted molar refractivity (Wildman–Crippen MR) is 109 cm³/mol. The topological polar surface area (TPSA) is 80.2 Å². The van der Waals surface area contributed by atoms with Crippen LogP contribution in [0.5, 0.6) is 0 Å². The Balaban J connectivity index is 1.72. The molecule has 7 heteroatoms. The van der Waals surface area contributed by atoms with Gasteiger partial charge in [0.15, 0.2) is 0 Å². The first-order valence-corrected chi connectivity index (χ1v) is 10.2. The maximum absolute atomic E-state index is 12.6. The lowest BCUT2D eigenvalue weighted by Crippen LogP contribution is -2.41. The molecule has 0 aliphatic carbocycles. The number of hydrogen-bond acceptors (Lipinski definition) is 3. The van der Waals surface area contributed by atoms with Crippen LogP contribution in [0.25, 0.3) is 5.69 Å². The van der Waals surface area contributed by atoms with Crippen molar-refractivity contribution in [2.45, 2.75) is 18.7 Å². The van der Waals surface area contributed by atoms with Crippen molar-refractivity contribution in [3.63, 3.8) is 0 Å². The number of hydrazine groups is 1. The number of rotatable bonds is 4. The van der Waals surface area contributed by atoms with Crippen LogP contribution in [0.3, 0.4) is 0 Å². The molecule has 0 saturated heterocycles. The average Bonchev–Trinajstić information content (AvgIpc) is 3.00. The summed E-state index contributed by atoms with van der Waals surface area (Å²) in [6.45, 7) is 3.79. The first kappa shape index (κ1) is 19.6. The molecule has 1 atom stereocenters. The Morgan fingerprint density at radius 1 is 0.893 bits per heavy atom. The van der Waals surface area contributed by atoms with Gasteiger partial charge in [-0.05, 0) is 56.3 Å². The van der Waals surface area contributed by atoms with Gasteiger partial charge < -0.3 is 4.57 Å². The van der Waals surface area contributed by atoms with Crippen LogP contribution in [0.1, 0.15) is 32.1 Å². The summed E-state index contributed by atoms with van der Waals surface area (Å²) in [6, 6.07) is 17.9. The summed E-state index contributed by atoms with van der Waals surface area (Å²) in [5, 5.41) is 0. The fourth-order valence-corrected chi connectivity index (χ4v) is 3.54. The van der Waals surface area contributed by atoms with Gasteiger partial charge in [-0.1, -0.05) is 18.2 Å². The quantitative estimate of drug-likeness (QED) is 0.667. The van der Waals surface area contributed by atoms with E-state index >= 15 is 0 Å². The van der Waals surface area contributed by atoms with Crippen molar-refractivity contribution in [1.29, 1.82) is 0 Å². The number of benzene rings is 2. The largest absolute Gasteiger partial charge is 0.318 e. The molecule has 0 spiro atoms. The molecular weight excluding hydrogens is 374 g/mol. The van der Waals surface area contributed by atoms with Crippen LogP contribution >= 0.6 is 0 Å². The van der Waals surface area contributed by atoms with E-state index in [0.29, 0.717) is 16.0 Å². The van der Waals surface area contributed by atoms with Gasteiger partial charge in [-0.2, -0.15) is 0 Å². The zero-order chi connectivity index (χ0) is 20.3. The number of carbonyl (C=O) groups excluding carboxylic acids is 2. The van der Waals surface area contributed by atoms with E-state index in [4.69, 9.17) is 0 Å². The van der Waals surface area contributed by atoms with Gasteiger partial charge in [0.05, 0.1) is 5.56 Å². The minimum atomic E-state index is -1.11. The number of amides is 2. The van der Waals surface area contributed by atoms with Crippen LogP contribution in [0.15, 0.2) is 65.6 Å². The van der Waals surface area contributed by atoms with Crippen LogP contribution in [0.2, 0.25) is 0 Å². The fourth-order valence-electron chi connectivity index (χ4n) is 3.02. The average molecular weight is 395 g/mol. The van der Waals surface area contributed by atoms with E-state index in [2.05, 4.69) is 10.9 Å². The Bertz CT molecular complexity index is 1040. The van der Waals surface area contributed by atoms with Gasteiger partial charge in [-0.3, -0.25) is 24.6 Å². The predicted octanol–water partition coefficient (Wildman–Crippen LogP) is 2.91. The van der Waals surface area contributed by atoms with Gasteiger partial charge in [-0.15, -0.1) is 0 Å². The molecule has 1 heterocycles. The van der Waals surface area contributed by atoms with Crippen LogP contribution in [0, 0.1) is 13.8 Å². The van der Waals surface area contributed by atoms with E-state index in [1.807, 2.05) is 48.7 Å². The second kappa shape index (κ2) is 8.22. The normalized spacial score (nSPS) is 11.7. The minimum absolute atomic E-state index is 0.365. The standard InChI is InChI=1S/C21H21N3O3S/c1-14-13-19(15(2)24(14)17-7-5-4-6-8-17)21(26)23-22-20(25)16-9-11-18(12-10-16)28(3)27/h4-13H,1-3H3,(H,22,25)(H,23,26). The number of carbonyl (C=O) groups is 2. The van der Waals surface area contributed by atoms with Crippen molar-refractivity contribution < 1.29 is 13.8 Å². The monoisotopic (exact) mass is 395 g/mol. The zero-order valence-electron chi connectivity index (χ0n) is 15.9. The smallest absolute Gasteiger partial charge is 0.271 e. The third-order valence-corrected chi connectivity index (χ3v) is 5.36. The summed E-state index contributed by atoms with van der Waals surface area (Å²) in [5.41, 5.74) is 8.39. The Hall–Kier alpha value is -3.19. The van der Waals surface area contributed by atoms with Crippen LogP contribution in [-0.4, -0.2) is 26.8 Å². The fraction of sp³-hybridized carbons (Fsp3) is 0.143. The highest BCUT2D eigenvalue weighted by Crippen LogP contribution is 2.20. The minimum Gasteiger partial charge on any atom is -0.318 e. The maximum Gasteiger partial charge on any atom is 0.271 e. The molecule has 3 rings (SSSR count). The SMILES string of the molecule is Cc1cc(C(=O)NNC(=O)c2ccc(S(C)=O)cc2)c(C)n1-c1ccccc1. The number of nitrogens with one attached hydrogen (secondary N) is 2. The molecular formula is C21H21N3O3S. The van der Waals surface area contributed by atoms with Crippen molar-refractivity contribution in [3.05, 3.63) is 83.2 Å². The lowest BCUT2D eigenvalue weighted by atomic mass is 10.2. The Kier molecular flexibility index (Phi) is 5.75. The number of para-hydroxylation sites is 1. The highest BCUT2D eigenvalue weighted by molar-refractivity contribution is 7.84. The number of aryl methyl sites for hydroxylation is 1. The molecule has 0 radical (unpaired) electrons. The lowest BCUT2D eigenvalue weighted by molar-refractivity contribution is 0.0846. The highest BCUT2D eigenvalue weighted by atomic mass is 32.2. The molecule has 0 bridgehead atoms. The molecule has 144 valence electrons. The molecule has 0 aliphatic rings. The van der Waals surface area contributed by atoms with E-state index < -0.39 is 22.6 Å². The summed E-state index contributed by atoms with van der Waals surface area (Å²) >= 11 is 0. The number of nitrogens with zero attached hydrogens (tertiary/aromatic N) is 1. The molecule has 28 heavy (non-hydrogen) atoms. The van der Waals surface area contributed by atoms with Gasteiger partial charge in [0.1, 0.15) is 0 Å². The van der Waals surface area contributed by atoms with Crippen LogP contribution in [-0.2, 0) is 10.8 Å². The maximum atomic E-state index is 12.6. The van der Waals surface area contributed by atoms with Crippen molar-refractivity contribution >= 4 is 22.6 Å². The zero-order valence-corrected chi connectivity index (χ0v) is 16.7. The molecule has 1 unspecified atom stereocenters. The third-order valence-electron chi connectivity index (χ3n) is 4.43. The molecule has 6 nitrogen and oxygen atoms in total. The van der Waals surface area contributed by atoms with Gasteiger partial charge >= 0.3 is 0 Å². The summed E-state index contributed by atoms with van der Waals surface area (Å²) in [4.78, 5) is 25.4. The molecule has 0 aliphatic heterocycles. The molecule has 3 aromatic rings. The van der Waals surface area contributed by atoms with Crippen molar-refractivity contribution in [3.8, 4) is 5.69 Å². The molecule has 0 fully saturated rings. The van der Waals surface area contributed by atoms with Gasteiger partial charge in [0, 0.05) is 44.6 Å². The molecule has 2 aromatic carbocycles. The van der Waals surface area contributed by atoms with Crippen molar-refractivity contribution in [2.75, 3.05) is 6.26 Å². The summed E-state index contributed by atoms with van der Waals surface area (Å²) < 4.78 is 13.4. The number of aromatic nitrogens is 1. The second-order valence-corrected chi connectivity index (χ2v) is 7.72. The van der Waals surface area contributed by atoms with Gasteiger partial charge in [0.25, 0.3) is 11.8 Å². The van der Waals surface area contributed by atoms with Crippen molar-refractivity contribution in [2.24, 2.45) is 0 Å². The van der Waals surface area contributed by atoms with Crippen LogP contribution in [0.4, 0.5) is 0 Å². The van der Waals surface area contributed by atoms with Crippen LogP contribution < -0.4 is 10.9 Å². The molecule has 2 N–H and O–H groups in total. The summed E-state index contributed by atoms with van der Waals surface area (Å²) in [5.74, 6) is -0.839. The summed E-state index contributed by atoms with van der Waals surface area (Å²) in [7, 11) is -1.11. The van der Waals surface area contributed by atoms with E-state index in [1.54, 1.807) is 36.6 Å². The first-order chi connectivity index (χ1) is 13.4. The van der Waals surface area contributed by atoms with E-state index in [0.717, 1.165) is 17.1 Å². The third kappa shape index (κ3) is 4.04. The first-order valence-electron chi connectivity index (χ1n) is 8.67. The summed E-state index contributed by atoms with van der Waals surface area (Å²) in [6.07, 6.45) is 1.57. The Morgan fingerprint density at radius 3 is 2.11 bits per heavy atom. The second-order valence-electron chi connectivity index (χ2n) is 6.34. The Morgan fingerprint density at radius 2 is 1.50 bits per heavy atom. The Labute approximate surface area is 166 Å². The van der Waals surface area contributed by atoms with E-state index in [9.17, 15) is 13.8 Å². The molecule has 2 amide bonds. The van der Waals surface area contributed by atoms with Crippen molar-refractivity contribution in [1.82, 2.24) is 15.4 Å². The highest BCUT2D eigenvalue weighted by Gasteiger charge is 2.17. The van der Waals surface area contributed by atoms with Gasteiger partial charge in [0.2, 0.25) is 0 Å². The van der Waals surface area contributed by atoms with E-state index in [1.165, 1.54) is 0 Å². The lowest BCUT2D eigenvalue weighted by Gasteiger charge is -2.10. The number of hydrogen-bond donors (Lipinski definition) is 2.